The Hall–Kier alpha value is -3.11. The number of hydrogen-bond donors (Lipinski definition) is 3. The fraction of sp³-hybridized carbons (Fsp3) is 0.381. The molecular formula is C21H23N5O2. The lowest BCUT2D eigenvalue weighted by molar-refractivity contribution is 0.0624. The summed E-state index contributed by atoms with van der Waals surface area (Å²) in [7, 11) is 0. The molecule has 7 nitrogen and oxygen atoms in total. The Labute approximate surface area is 163 Å². The minimum atomic E-state index is -0.163. The fourth-order valence-electron chi connectivity index (χ4n) is 3.62. The van der Waals surface area contributed by atoms with Crippen molar-refractivity contribution < 1.29 is 9.53 Å². The highest BCUT2D eigenvalue weighted by molar-refractivity contribution is 6.14. The van der Waals surface area contributed by atoms with Gasteiger partial charge in [0.25, 0.3) is 5.91 Å². The van der Waals surface area contributed by atoms with Gasteiger partial charge >= 0.3 is 0 Å². The highest BCUT2D eigenvalue weighted by Gasteiger charge is 2.22. The zero-order valence-electron chi connectivity index (χ0n) is 16.0. The van der Waals surface area contributed by atoms with Crippen LogP contribution in [-0.2, 0) is 4.74 Å². The number of hydrogen-bond acceptors (Lipinski definition) is 5. The van der Waals surface area contributed by atoms with Crippen LogP contribution in [-0.4, -0.2) is 41.2 Å². The average molecular weight is 377 g/mol. The van der Waals surface area contributed by atoms with Crippen LogP contribution >= 0.6 is 0 Å². The predicted molar refractivity (Wildman–Crippen MR) is 108 cm³/mol. The van der Waals surface area contributed by atoms with Crippen molar-refractivity contribution in [1.29, 1.82) is 5.26 Å². The molecule has 1 amide bonds. The van der Waals surface area contributed by atoms with Gasteiger partial charge in [-0.15, -0.1) is 0 Å². The van der Waals surface area contributed by atoms with Gasteiger partial charge in [-0.1, -0.05) is 0 Å². The van der Waals surface area contributed by atoms with Crippen LogP contribution in [0.3, 0.4) is 0 Å². The number of benzene rings is 1. The highest BCUT2D eigenvalue weighted by atomic mass is 16.5. The highest BCUT2D eigenvalue weighted by Crippen LogP contribution is 2.32. The topological polar surface area (TPSA) is 103 Å². The Morgan fingerprint density at radius 2 is 2.29 bits per heavy atom. The van der Waals surface area contributed by atoms with Crippen molar-refractivity contribution in [3.05, 3.63) is 35.5 Å². The molecule has 28 heavy (non-hydrogen) atoms. The van der Waals surface area contributed by atoms with E-state index in [1.54, 1.807) is 18.3 Å². The number of aromatic nitrogens is 2. The van der Waals surface area contributed by atoms with E-state index in [2.05, 4.69) is 26.7 Å². The number of nitriles is 1. The normalized spacial score (nSPS) is 17.0. The molecule has 3 heterocycles. The molecule has 1 saturated heterocycles. The number of H-pyrrole nitrogens is 1. The van der Waals surface area contributed by atoms with Gasteiger partial charge in [-0.3, -0.25) is 9.78 Å². The molecule has 1 aromatic carbocycles. The van der Waals surface area contributed by atoms with E-state index in [9.17, 15) is 4.79 Å². The number of pyridine rings is 1. The van der Waals surface area contributed by atoms with Crippen molar-refractivity contribution in [2.75, 3.05) is 18.5 Å². The van der Waals surface area contributed by atoms with E-state index in [1.165, 1.54) is 0 Å². The van der Waals surface area contributed by atoms with Gasteiger partial charge < -0.3 is 20.4 Å². The lowest BCUT2D eigenvalue weighted by Crippen LogP contribution is -2.41. The summed E-state index contributed by atoms with van der Waals surface area (Å²) in [5.74, 6) is -0.163. The smallest absolute Gasteiger partial charge is 0.255 e. The second kappa shape index (κ2) is 7.49. The van der Waals surface area contributed by atoms with Crippen molar-refractivity contribution in [2.45, 2.75) is 38.8 Å². The number of nitrogens with zero attached hydrogens (tertiary/aromatic N) is 2. The summed E-state index contributed by atoms with van der Waals surface area (Å²) >= 11 is 0. The Kier molecular flexibility index (Phi) is 4.88. The second-order valence-electron chi connectivity index (χ2n) is 7.45. The van der Waals surface area contributed by atoms with Gasteiger partial charge in [0.1, 0.15) is 0 Å². The monoisotopic (exact) mass is 377 g/mol. The minimum absolute atomic E-state index is 0.0183. The van der Waals surface area contributed by atoms with Gasteiger partial charge in [0.05, 0.1) is 46.6 Å². The first-order valence-electron chi connectivity index (χ1n) is 9.56. The molecule has 0 aliphatic carbocycles. The number of carbonyl (C=O) groups is 1. The number of carbonyl (C=O) groups excluding carboxylic acids is 1. The zero-order valence-corrected chi connectivity index (χ0v) is 16.0. The maximum Gasteiger partial charge on any atom is 0.255 e. The van der Waals surface area contributed by atoms with E-state index in [0.717, 1.165) is 47.1 Å². The Morgan fingerprint density at radius 1 is 1.43 bits per heavy atom. The molecule has 1 atom stereocenters. The largest absolute Gasteiger partial charge is 0.380 e. The van der Waals surface area contributed by atoms with Crippen molar-refractivity contribution in [3.8, 4) is 6.07 Å². The summed E-state index contributed by atoms with van der Waals surface area (Å²) in [6.07, 6.45) is 3.48. The molecule has 1 aliphatic heterocycles. The van der Waals surface area contributed by atoms with Gasteiger partial charge in [-0.2, -0.15) is 5.26 Å². The number of fused-ring (bicyclic) bond motifs is 3. The van der Waals surface area contributed by atoms with Crippen LogP contribution in [0.2, 0.25) is 0 Å². The summed E-state index contributed by atoms with van der Waals surface area (Å²) in [5, 5.41) is 16.5. The van der Waals surface area contributed by atoms with Crippen LogP contribution in [0.15, 0.2) is 24.4 Å². The minimum Gasteiger partial charge on any atom is -0.380 e. The van der Waals surface area contributed by atoms with Gasteiger partial charge in [-0.25, -0.2) is 0 Å². The first-order valence-corrected chi connectivity index (χ1v) is 9.56. The number of rotatable bonds is 4. The maximum absolute atomic E-state index is 13.0. The van der Waals surface area contributed by atoms with Gasteiger partial charge in [0, 0.05) is 29.7 Å². The molecule has 0 radical (unpaired) electrons. The van der Waals surface area contributed by atoms with E-state index in [0.29, 0.717) is 17.7 Å². The number of aromatic amines is 1. The zero-order chi connectivity index (χ0) is 19.7. The number of amides is 1. The summed E-state index contributed by atoms with van der Waals surface area (Å²) < 4.78 is 5.47. The molecule has 0 bridgehead atoms. The second-order valence-corrected chi connectivity index (χ2v) is 7.45. The fourth-order valence-corrected chi connectivity index (χ4v) is 3.62. The van der Waals surface area contributed by atoms with Gasteiger partial charge in [0.2, 0.25) is 0 Å². The molecule has 144 valence electrons. The third-order valence-corrected chi connectivity index (χ3v) is 4.92. The molecular weight excluding hydrogens is 354 g/mol. The van der Waals surface area contributed by atoms with E-state index in [-0.39, 0.29) is 18.0 Å². The van der Waals surface area contributed by atoms with Gasteiger partial charge in [0.15, 0.2) is 0 Å². The Balaban J connectivity index is 1.80. The van der Waals surface area contributed by atoms with Crippen LogP contribution in [0.4, 0.5) is 5.69 Å². The van der Waals surface area contributed by atoms with E-state index < -0.39 is 0 Å². The van der Waals surface area contributed by atoms with Crippen LogP contribution in [0, 0.1) is 11.3 Å². The number of nitrogens with one attached hydrogen (secondary N) is 3. The van der Waals surface area contributed by atoms with Crippen molar-refractivity contribution in [2.24, 2.45) is 0 Å². The first kappa shape index (κ1) is 18.3. The quantitative estimate of drug-likeness (QED) is 0.647. The summed E-state index contributed by atoms with van der Waals surface area (Å²) in [6.45, 7) is 5.34. The number of ether oxygens (including phenoxy) is 1. The van der Waals surface area contributed by atoms with Crippen LogP contribution in [0.5, 0.6) is 0 Å². The predicted octanol–water partition coefficient (Wildman–Crippen LogP) is 3.32. The Morgan fingerprint density at radius 3 is 3.00 bits per heavy atom. The summed E-state index contributed by atoms with van der Waals surface area (Å²) in [5.41, 5.74) is 4.17. The lowest BCUT2D eigenvalue weighted by atomic mass is 10.1. The standard InChI is InChI=1S/C21H23N5O2/c1-12(2)24-19-16(21(27)25-14-4-3-7-28-11-14)10-23-18-15-6-5-13(9-22)8-17(15)26-20(18)19/h5-6,8,10,12,14,26H,3-4,7,11H2,1-2H3,(H,23,24)(H,25,27). The van der Waals surface area contributed by atoms with Crippen molar-refractivity contribution in [3.63, 3.8) is 0 Å². The van der Waals surface area contributed by atoms with Crippen molar-refractivity contribution >= 4 is 33.5 Å². The maximum atomic E-state index is 13.0. The molecule has 1 aliphatic rings. The van der Waals surface area contributed by atoms with Crippen molar-refractivity contribution in [1.82, 2.24) is 15.3 Å². The molecule has 4 rings (SSSR count). The lowest BCUT2D eigenvalue weighted by Gasteiger charge is -2.24. The van der Waals surface area contributed by atoms with Gasteiger partial charge in [-0.05, 0) is 44.9 Å². The average Bonchev–Trinajstić information content (AvgIpc) is 3.06. The first-order chi connectivity index (χ1) is 13.6. The van der Waals surface area contributed by atoms with Crippen LogP contribution < -0.4 is 10.6 Å². The van der Waals surface area contributed by atoms with E-state index in [1.807, 2.05) is 19.9 Å². The third-order valence-electron chi connectivity index (χ3n) is 4.92. The molecule has 1 fully saturated rings. The molecule has 2 aromatic heterocycles. The number of anilines is 1. The molecule has 7 heteroatoms. The van der Waals surface area contributed by atoms with E-state index in [4.69, 9.17) is 10.00 Å². The van der Waals surface area contributed by atoms with E-state index >= 15 is 0 Å². The molecule has 1 unspecified atom stereocenters. The molecule has 0 saturated carbocycles. The third kappa shape index (κ3) is 3.39. The van der Waals surface area contributed by atoms with Crippen LogP contribution in [0.1, 0.15) is 42.6 Å². The summed E-state index contributed by atoms with van der Waals surface area (Å²) in [4.78, 5) is 20.9. The summed E-state index contributed by atoms with van der Waals surface area (Å²) in [6, 6.07) is 7.77. The Bertz CT molecular complexity index is 1070. The molecule has 3 N–H and O–H groups in total. The molecule has 3 aromatic rings. The SMILES string of the molecule is CC(C)Nc1c(C(=O)NC2CCCOC2)cnc2c1[nH]c1cc(C#N)ccc12. The van der Waals surface area contributed by atoms with Crippen LogP contribution in [0.25, 0.3) is 21.9 Å². The molecule has 0 spiro atoms.